The number of hydrogen-bond donors (Lipinski definition) is 1. The number of carbonyl (C=O) groups excluding carboxylic acids is 1. The van der Waals surface area contributed by atoms with Crippen molar-refractivity contribution in [3.63, 3.8) is 0 Å². The molecule has 7 heteroatoms. The number of hydrogen-bond acceptors (Lipinski definition) is 5. The summed E-state index contributed by atoms with van der Waals surface area (Å²) in [7, 11) is 0. The molecular formula is C17H19ClN4O2. The molecule has 1 aliphatic rings. The van der Waals surface area contributed by atoms with Gasteiger partial charge >= 0.3 is 0 Å². The molecule has 0 bridgehead atoms. The van der Waals surface area contributed by atoms with Crippen LogP contribution in [0.2, 0.25) is 5.02 Å². The highest BCUT2D eigenvalue weighted by Crippen LogP contribution is 2.23. The minimum atomic E-state index is -0.157. The molecule has 0 saturated carbocycles. The number of nitrogens with one attached hydrogen (secondary N) is 1. The van der Waals surface area contributed by atoms with Gasteiger partial charge in [0.05, 0.1) is 5.02 Å². The Balaban J connectivity index is 1.50. The Kier molecular flexibility index (Phi) is 5.48. The van der Waals surface area contributed by atoms with Crippen LogP contribution in [-0.4, -0.2) is 41.6 Å². The molecule has 2 heterocycles. The molecule has 0 aliphatic carbocycles. The van der Waals surface area contributed by atoms with Crippen molar-refractivity contribution in [1.82, 2.24) is 15.3 Å². The Labute approximate surface area is 145 Å². The van der Waals surface area contributed by atoms with Crippen molar-refractivity contribution in [2.24, 2.45) is 0 Å². The predicted molar refractivity (Wildman–Crippen MR) is 92.4 cm³/mol. The Morgan fingerprint density at radius 1 is 1.29 bits per heavy atom. The highest BCUT2D eigenvalue weighted by atomic mass is 35.5. The molecule has 1 amide bonds. The first kappa shape index (κ1) is 16.5. The van der Waals surface area contributed by atoms with Gasteiger partial charge in [-0.3, -0.25) is 4.79 Å². The first-order valence-electron chi connectivity index (χ1n) is 7.91. The van der Waals surface area contributed by atoms with Gasteiger partial charge in [0, 0.05) is 31.5 Å². The molecule has 1 aliphatic heterocycles. The fraction of sp³-hybridized carbons (Fsp3) is 0.353. The van der Waals surface area contributed by atoms with E-state index in [0.717, 1.165) is 19.4 Å². The van der Waals surface area contributed by atoms with Gasteiger partial charge < -0.3 is 15.0 Å². The third kappa shape index (κ3) is 4.35. The largest absolute Gasteiger partial charge is 0.482 e. The third-order valence-corrected chi connectivity index (χ3v) is 4.13. The lowest BCUT2D eigenvalue weighted by atomic mass is 10.1. The number of halogens is 1. The molecule has 6 nitrogen and oxygen atoms in total. The Bertz CT molecular complexity index is 683. The molecule has 1 aromatic carbocycles. The summed E-state index contributed by atoms with van der Waals surface area (Å²) in [6.07, 6.45) is 5.36. The van der Waals surface area contributed by atoms with Gasteiger partial charge in [-0.05, 0) is 31.0 Å². The number of rotatable bonds is 5. The number of carbonyl (C=O) groups is 1. The van der Waals surface area contributed by atoms with Crippen molar-refractivity contribution in [2.75, 3.05) is 24.6 Å². The fourth-order valence-corrected chi connectivity index (χ4v) is 2.90. The van der Waals surface area contributed by atoms with E-state index in [0.29, 0.717) is 23.3 Å². The average Bonchev–Trinajstić information content (AvgIpc) is 2.62. The maximum atomic E-state index is 12.1. The lowest BCUT2D eigenvalue weighted by Crippen LogP contribution is -2.49. The lowest BCUT2D eigenvalue weighted by molar-refractivity contribution is -0.123. The predicted octanol–water partition coefficient (Wildman–Crippen LogP) is 2.29. The quantitative estimate of drug-likeness (QED) is 0.899. The van der Waals surface area contributed by atoms with Crippen LogP contribution in [0.25, 0.3) is 0 Å². The average molecular weight is 347 g/mol. The van der Waals surface area contributed by atoms with Gasteiger partial charge in [0.1, 0.15) is 5.75 Å². The zero-order valence-electron chi connectivity index (χ0n) is 13.2. The number of para-hydroxylation sites is 1. The summed E-state index contributed by atoms with van der Waals surface area (Å²) in [5.74, 6) is 1.05. The van der Waals surface area contributed by atoms with Gasteiger partial charge in [0.25, 0.3) is 5.91 Å². The smallest absolute Gasteiger partial charge is 0.258 e. The molecule has 1 fully saturated rings. The number of nitrogens with zero attached hydrogens (tertiary/aromatic N) is 3. The van der Waals surface area contributed by atoms with Gasteiger partial charge in [-0.2, -0.15) is 0 Å². The Hall–Kier alpha value is -2.34. The van der Waals surface area contributed by atoms with E-state index in [4.69, 9.17) is 16.3 Å². The highest BCUT2D eigenvalue weighted by Gasteiger charge is 2.23. The van der Waals surface area contributed by atoms with Crippen LogP contribution in [0.4, 0.5) is 5.95 Å². The number of aromatic nitrogens is 2. The van der Waals surface area contributed by atoms with Crippen LogP contribution < -0.4 is 15.0 Å². The summed E-state index contributed by atoms with van der Waals surface area (Å²) >= 11 is 6.01. The van der Waals surface area contributed by atoms with Gasteiger partial charge in [0.15, 0.2) is 6.61 Å². The van der Waals surface area contributed by atoms with Crippen LogP contribution in [0.1, 0.15) is 12.8 Å². The second-order valence-electron chi connectivity index (χ2n) is 5.62. The van der Waals surface area contributed by atoms with E-state index >= 15 is 0 Å². The zero-order valence-corrected chi connectivity index (χ0v) is 13.9. The number of amides is 1. The summed E-state index contributed by atoms with van der Waals surface area (Å²) < 4.78 is 5.47. The van der Waals surface area contributed by atoms with E-state index in [-0.39, 0.29) is 18.6 Å². The van der Waals surface area contributed by atoms with E-state index in [1.54, 1.807) is 30.6 Å². The van der Waals surface area contributed by atoms with Crippen LogP contribution in [0.15, 0.2) is 42.7 Å². The lowest BCUT2D eigenvalue weighted by Gasteiger charge is -2.33. The SMILES string of the molecule is O=C(COc1ccccc1Cl)N[C@@H]1CCCN(c2ncccn2)C1. The summed E-state index contributed by atoms with van der Waals surface area (Å²) in [5.41, 5.74) is 0. The van der Waals surface area contributed by atoms with Gasteiger partial charge in [-0.25, -0.2) is 9.97 Å². The van der Waals surface area contributed by atoms with E-state index in [2.05, 4.69) is 20.2 Å². The van der Waals surface area contributed by atoms with Crippen LogP contribution in [-0.2, 0) is 4.79 Å². The molecule has 1 saturated heterocycles. The monoisotopic (exact) mass is 346 g/mol. The highest BCUT2D eigenvalue weighted by molar-refractivity contribution is 6.32. The molecule has 24 heavy (non-hydrogen) atoms. The van der Waals surface area contributed by atoms with Crippen molar-refractivity contribution < 1.29 is 9.53 Å². The fourth-order valence-electron chi connectivity index (χ4n) is 2.71. The van der Waals surface area contributed by atoms with Crippen molar-refractivity contribution in [3.05, 3.63) is 47.7 Å². The first-order valence-corrected chi connectivity index (χ1v) is 8.29. The molecule has 0 radical (unpaired) electrons. The molecule has 126 valence electrons. The maximum absolute atomic E-state index is 12.1. The number of anilines is 1. The second-order valence-corrected chi connectivity index (χ2v) is 6.03. The number of benzene rings is 1. The minimum Gasteiger partial charge on any atom is -0.482 e. The van der Waals surface area contributed by atoms with E-state index in [9.17, 15) is 4.79 Å². The Morgan fingerprint density at radius 2 is 2.08 bits per heavy atom. The maximum Gasteiger partial charge on any atom is 0.258 e. The number of piperidine rings is 1. The molecule has 2 aromatic rings. The van der Waals surface area contributed by atoms with Crippen LogP contribution in [0.5, 0.6) is 5.75 Å². The molecule has 1 aromatic heterocycles. The molecule has 1 atom stereocenters. The summed E-state index contributed by atoms with van der Waals surface area (Å²) in [6.45, 7) is 1.54. The molecule has 0 unspecified atom stereocenters. The van der Waals surface area contributed by atoms with Crippen molar-refractivity contribution in [1.29, 1.82) is 0 Å². The summed E-state index contributed by atoms with van der Waals surface area (Å²) in [5, 5.41) is 3.50. The van der Waals surface area contributed by atoms with Gasteiger partial charge in [0.2, 0.25) is 5.95 Å². The second kappa shape index (κ2) is 7.97. The normalized spacial score (nSPS) is 17.4. The van der Waals surface area contributed by atoms with Crippen molar-refractivity contribution >= 4 is 23.5 Å². The Morgan fingerprint density at radius 3 is 2.88 bits per heavy atom. The van der Waals surface area contributed by atoms with Crippen LogP contribution in [0, 0.1) is 0 Å². The van der Waals surface area contributed by atoms with E-state index in [1.165, 1.54) is 0 Å². The molecule has 3 rings (SSSR count). The molecule has 0 spiro atoms. The summed E-state index contributed by atoms with van der Waals surface area (Å²) in [4.78, 5) is 22.7. The summed E-state index contributed by atoms with van der Waals surface area (Å²) in [6, 6.07) is 8.96. The first-order chi connectivity index (χ1) is 11.7. The van der Waals surface area contributed by atoms with Gasteiger partial charge in [-0.15, -0.1) is 0 Å². The van der Waals surface area contributed by atoms with E-state index in [1.807, 2.05) is 12.1 Å². The van der Waals surface area contributed by atoms with Crippen molar-refractivity contribution in [3.8, 4) is 5.75 Å². The van der Waals surface area contributed by atoms with E-state index < -0.39 is 0 Å². The van der Waals surface area contributed by atoms with Crippen LogP contribution in [0.3, 0.4) is 0 Å². The van der Waals surface area contributed by atoms with Gasteiger partial charge in [-0.1, -0.05) is 23.7 Å². The zero-order chi connectivity index (χ0) is 16.8. The third-order valence-electron chi connectivity index (χ3n) is 3.82. The molecule has 1 N–H and O–H groups in total. The molecular weight excluding hydrogens is 328 g/mol. The van der Waals surface area contributed by atoms with Crippen LogP contribution >= 0.6 is 11.6 Å². The minimum absolute atomic E-state index is 0.0535. The number of ether oxygens (including phenoxy) is 1. The topological polar surface area (TPSA) is 67.3 Å². The standard InChI is InChI=1S/C17H19ClN4O2/c18-14-6-1-2-7-15(14)24-12-16(23)21-13-5-3-10-22(11-13)17-19-8-4-9-20-17/h1-2,4,6-9,13H,3,5,10-12H2,(H,21,23)/t13-/m1/s1. The van der Waals surface area contributed by atoms with Crippen molar-refractivity contribution in [2.45, 2.75) is 18.9 Å².